The van der Waals surface area contributed by atoms with E-state index in [1.807, 2.05) is 6.07 Å². The standard InChI is InChI=1S/C14H16N4O2/c1-2-4-12(15)13(19)17-10-5-3-6-11(9-10)18-8-7-16-14(18)20/h1,3,5-6,9,12H,4,7-8,15H2,(H,16,20)(H,17,19). The molecule has 0 radical (unpaired) electrons. The molecule has 1 aromatic rings. The van der Waals surface area contributed by atoms with Crippen LogP contribution in [0.2, 0.25) is 0 Å². The van der Waals surface area contributed by atoms with E-state index in [0.29, 0.717) is 18.8 Å². The highest BCUT2D eigenvalue weighted by atomic mass is 16.2. The molecule has 1 heterocycles. The van der Waals surface area contributed by atoms with Crippen LogP contribution in [0.25, 0.3) is 0 Å². The first-order valence-corrected chi connectivity index (χ1v) is 6.27. The summed E-state index contributed by atoms with van der Waals surface area (Å²) in [6.07, 6.45) is 5.30. The second kappa shape index (κ2) is 6.08. The van der Waals surface area contributed by atoms with Crippen molar-refractivity contribution < 1.29 is 9.59 Å². The summed E-state index contributed by atoms with van der Waals surface area (Å²) in [4.78, 5) is 25.0. The van der Waals surface area contributed by atoms with Crippen LogP contribution in [0.5, 0.6) is 0 Å². The van der Waals surface area contributed by atoms with Gasteiger partial charge in [-0.25, -0.2) is 4.79 Å². The van der Waals surface area contributed by atoms with Gasteiger partial charge < -0.3 is 16.4 Å². The van der Waals surface area contributed by atoms with Crippen LogP contribution in [0.3, 0.4) is 0 Å². The molecule has 0 bridgehead atoms. The molecule has 3 amide bonds. The van der Waals surface area contributed by atoms with Gasteiger partial charge in [-0.1, -0.05) is 6.07 Å². The van der Waals surface area contributed by atoms with Crippen molar-refractivity contribution in [1.82, 2.24) is 5.32 Å². The number of terminal acetylenes is 1. The first kappa shape index (κ1) is 13.9. The highest BCUT2D eigenvalue weighted by Gasteiger charge is 2.21. The fourth-order valence-corrected chi connectivity index (χ4v) is 1.92. The Morgan fingerprint density at radius 1 is 1.60 bits per heavy atom. The molecule has 0 aromatic heterocycles. The molecule has 0 saturated carbocycles. The molecule has 2 rings (SSSR count). The van der Waals surface area contributed by atoms with Crippen LogP contribution in [0, 0.1) is 12.3 Å². The lowest BCUT2D eigenvalue weighted by atomic mass is 10.2. The van der Waals surface area contributed by atoms with E-state index in [9.17, 15) is 9.59 Å². The summed E-state index contributed by atoms with van der Waals surface area (Å²) in [6.45, 7) is 1.22. The second-order valence-electron chi connectivity index (χ2n) is 4.44. The number of nitrogens with two attached hydrogens (primary N) is 1. The van der Waals surface area contributed by atoms with Gasteiger partial charge in [-0.15, -0.1) is 12.3 Å². The largest absolute Gasteiger partial charge is 0.336 e. The lowest BCUT2D eigenvalue weighted by molar-refractivity contribution is -0.117. The van der Waals surface area contributed by atoms with Crippen LogP contribution in [0.1, 0.15) is 6.42 Å². The summed E-state index contributed by atoms with van der Waals surface area (Å²) >= 11 is 0. The Morgan fingerprint density at radius 2 is 2.40 bits per heavy atom. The van der Waals surface area contributed by atoms with Crippen molar-refractivity contribution in [2.24, 2.45) is 5.73 Å². The zero-order chi connectivity index (χ0) is 14.5. The highest BCUT2D eigenvalue weighted by Crippen LogP contribution is 2.21. The average Bonchev–Trinajstić information content (AvgIpc) is 2.85. The van der Waals surface area contributed by atoms with Gasteiger partial charge in [0.25, 0.3) is 0 Å². The highest BCUT2D eigenvalue weighted by molar-refractivity contribution is 5.97. The van der Waals surface area contributed by atoms with E-state index < -0.39 is 6.04 Å². The monoisotopic (exact) mass is 272 g/mol. The Labute approximate surface area is 117 Å². The number of amides is 3. The zero-order valence-corrected chi connectivity index (χ0v) is 10.9. The quantitative estimate of drug-likeness (QED) is 0.698. The maximum Gasteiger partial charge on any atom is 0.321 e. The molecule has 1 fully saturated rings. The Bertz CT molecular complexity index is 565. The maximum absolute atomic E-state index is 11.8. The Morgan fingerprint density at radius 3 is 3.05 bits per heavy atom. The molecule has 0 spiro atoms. The fraction of sp³-hybridized carbons (Fsp3) is 0.286. The van der Waals surface area contributed by atoms with E-state index in [2.05, 4.69) is 16.6 Å². The minimum Gasteiger partial charge on any atom is -0.336 e. The van der Waals surface area contributed by atoms with Crippen LogP contribution in [0.15, 0.2) is 24.3 Å². The van der Waals surface area contributed by atoms with Crippen LogP contribution in [0.4, 0.5) is 16.2 Å². The molecule has 1 aliphatic rings. The van der Waals surface area contributed by atoms with Crippen molar-refractivity contribution >= 4 is 23.3 Å². The smallest absolute Gasteiger partial charge is 0.321 e. The van der Waals surface area contributed by atoms with E-state index in [1.54, 1.807) is 23.1 Å². The molecule has 0 aliphatic carbocycles. The number of urea groups is 1. The first-order chi connectivity index (χ1) is 9.61. The maximum atomic E-state index is 11.8. The number of benzene rings is 1. The normalized spacial score (nSPS) is 15.4. The number of hydrogen-bond acceptors (Lipinski definition) is 3. The second-order valence-corrected chi connectivity index (χ2v) is 4.44. The predicted molar refractivity (Wildman–Crippen MR) is 77.2 cm³/mol. The Kier molecular flexibility index (Phi) is 4.23. The summed E-state index contributed by atoms with van der Waals surface area (Å²) in [7, 11) is 0. The van der Waals surface area contributed by atoms with Crippen LogP contribution < -0.4 is 21.3 Å². The number of nitrogens with one attached hydrogen (secondary N) is 2. The van der Waals surface area contributed by atoms with Gasteiger partial charge in [0.15, 0.2) is 0 Å². The summed E-state index contributed by atoms with van der Waals surface area (Å²) < 4.78 is 0. The Hall–Kier alpha value is -2.52. The molecular formula is C14H16N4O2. The van der Waals surface area contributed by atoms with Gasteiger partial charge in [0.05, 0.1) is 6.04 Å². The van der Waals surface area contributed by atoms with Crippen molar-refractivity contribution in [2.45, 2.75) is 12.5 Å². The summed E-state index contributed by atoms with van der Waals surface area (Å²) in [5, 5.41) is 5.41. The van der Waals surface area contributed by atoms with Gasteiger partial charge >= 0.3 is 6.03 Å². The molecule has 1 aliphatic heterocycles. The number of nitrogens with zero attached hydrogens (tertiary/aromatic N) is 1. The summed E-state index contributed by atoms with van der Waals surface area (Å²) in [6, 6.07) is 6.16. The molecule has 1 atom stereocenters. The number of hydrogen-bond donors (Lipinski definition) is 3. The van der Waals surface area contributed by atoms with Crippen molar-refractivity contribution in [3.63, 3.8) is 0 Å². The number of rotatable bonds is 4. The predicted octanol–water partition coefficient (Wildman–Crippen LogP) is 0.505. The SMILES string of the molecule is C#CCC(N)C(=O)Nc1cccc(N2CCNC2=O)c1. The van der Waals surface area contributed by atoms with Gasteiger partial charge in [-0.05, 0) is 18.2 Å². The molecule has 4 N–H and O–H groups in total. The molecule has 6 heteroatoms. The molecule has 104 valence electrons. The molecular weight excluding hydrogens is 256 g/mol. The van der Waals surface area contributed by atoms with Crippen molar-refractivity contribution in [1.29, 1.82) is 0 Å². The lowest BCUT2D eigenvalue weighted by Crippen LogP contribution is -2.35. The van der Waals surface area contributed by atoms with E-state index in [4.69, 9.17) is 12.2 Å². The molecule has 20 heavy (non-hydrogen) atoms. The topological polar surface area (TPSA) is 87.5 Å². The first-order valence-electron chi connectivity index (χ1n) is 6.27. The zero-order valence-electron chi connectivity index (χ0n) is 10.9. The Balaban J connectivity index is 2.08. The molecule has 6 nitrogen and oxygen atoms in total. The van der Waals surface area contributed by atoms with E-state index >= 15 is 0 Å². The van der Waals surface area contributed by atoms with Crippen molar-refractivity contribution in [3.05, 3.63) is 24.3 Å². The molecule has 1 aromatic carbocycles. The third-order valence-corrected chi connectivity index (χ3v) is 2.96. The van der Waals surface area contributed by atoms with Gasteiger partial charge in [0.2, 0.25) is 5.91 Å². The minimum absolute atomic E-state index is 0.141. The molecule has 1 unspecified atom stereocenters. The lowest BCUT2D eigenvalue weighted by Gasteiger charge is -2.16. The third kappa shape index (κ3) is 3.08. The van der Waals surface area contributed by atoms with Gasteiger partial charge in [-0.3, -0.25) is 9.69 Å². The number of anilines is 2. The van der Waals surface area contributed by atoms with Crippen molar-refractivity contribution in [2.75, 3.05) is 23.3 Å². The fourth-order valence-electron chi connectivity index (χ4n) is 1.92. The van der Waals surface area contributed by atoms with Crippen LogP contribution in [-0.4, -0.2) is 31.1 Å². The third-order valence-electron chi connectivity index (χ3n) is 2.96. The van der Waals surface area contributed by atoms with Crippen LogP contribution in [-0.2, 0) is 4.79 Å². The van der Waals surface area contributed by atoms with Gasteiger partial charge in [0.1, 0.15) is 0 Å². The van der Waals surface area contributed by atoms with E-state index in [-0.39, 0.29) is 18.4 Å². The molecule has 1 saturated heterocycles. The average molecular weight is 272 g/mol. The summed E-state index contributed by atoms with van der Waals surface area (Å²) in [5.41, 5.74) is 6.94. The van der Waals surface area contributed by atoms with Crippen LogP contribution >= 0.6 is 0 Å². The number of carbonyl (C=O) groups excluding carboxylic acids is 2. The van der Waals surface area contributed by atoms with E-state index in [0.717, 1.165) is 5.69 Å². The summed E-state index contributed by atoms with van der Waals surface area (Å²) in [5.74, 6) is 2.01. The number of carbonyl (C=O) groups is 2. The van der Waals surface area contributed by atoms with Crippen molar-refractivity contribution in [3.8, 4) is 12.3 Å². The van der Waals surface area contributed by atoms with Gasteiger partial charge in [0, 0.05) is 30.9 Å². The van der Waals surface area contributed by atoms with Gasteiger partial charge in [-0.2, -0.15) is 0 Å². The minimum atomic E-state index is -0.737. The van der Waals surface area contributed by atoms with E-state index in [1.165, 1.54) is 0 Å².